The third kappa shape index (κ3) is 2.78. The van der Waals surface area contributed by atoms with Gasteiger partial charge >= 0.3 is 5.97 Å². The fraction of sp³-hybridized carbons (Fsp3) is 0.111. The van der Waals surface area contributed by atoms with Crippen molar-refractivity contribution < 1.29 is 9.90 Å². The Bertz CT molecular complexity index is 460. The van der Waals surface area contributed by atoms with Crippen LogP contribution < -0.4 is 5.73 Å². The van der Waals surface area contributed by atoms with Gasteiger partial charge in [-0.15, -0.1) is 11.6 Å². The van der Waals surface area contributed by atoms with Gasteiger partial charge in [0.1, 0.15) is 5.84 Å². The maximum Gasteiger partial charge on any atom is 0.338 e. The van der Waals surface area contributed by atoms with E-state index in [0.717, 1.165) is 0 Å². The third-order valence-electron chi connectivity index (χ3n) is 1.69. The van der Waals surface area contributed by atoms with Crippen LogP contribution in [-0.4, -0.2) is 22.8 Å². The van der Waals surface area contributed by atoms with Crippen molar-refractivity contribution in [3.05, 3.63) is 27.7 Å². The first-order valence-corrected chi connectivity index (χ1v) is 5.36. The highest BCUT2D eigenvalue weighted by Crippen LogP contribution is 2.33. The van der Waals surface area contributed by atoms with Crippen LogP contribution in [0.4, 0.5) is 5.69 Å². The summed E-state index contributed by atoms with van der Waals surface area (Å²) in [6.45, 7) is 0. The standard InChI is InChI=1S/C9H7Cl3N2O2/c10-3-6(13)14-5-2-1-4(11)7(8(5)12)9(15)16/h1-2H,3H2,(H2,13,14)(H,15,16). The second kappa shape index (κ2) is 5.39. The monoisotopic (exact) mass is 280 g/mol. The zero-order valence-corrected chi connectivity index (χ0v) is 10.1. The number of halogens is 3. The normalized spacial score (nSPS) is 11.6. The Morgan fingerprint density at radius 2 is 2.06 bits per heavy atom. The van der Waals surface area contributed by atoms with E-state index in [4.69, 9.17) is 45.6 Å². The fourth-order valence-electron chi connectivity index (χ4n) is 1.01. The first-order valence-electron chi connectivity index (χ1n) is 4.07. The molecule has 0 fully saturated rings. The predicted molar refractivity (Wildman–Crippen MR) is 65.4 cm³/mol. The number of rotatable bonds is 3. The van der Waals surface area contributed by atoms with E-state index in [1.807, 2.05) is 0 Å². The molecule has 0 atom stereocenters. The number of carboxylic acids is 1. The van der Waals surface area contributed by atoms with Crippen LogP contribution in [-0.2, 0) is 0 Å². The van der Waals surface area contributed by atoms with E-state index in [1.165, 1.54) is 12.1 Å². The molecule has 0 amide bonds. The number of amidine groups is 1. The van der Waals surface area contributed by atoms with Crippen LogP contribution in [0.2, 0.25) is 10.0 Å². The van der Waals surface area contributed by atoms with Gasteiger partial charge in [0.15, 0.2) is 0 Å². The minimum atomic E-state index is -1.23. The van der Waals surface area contributed by atoms with Gasteiger partial charge in [0.25, 0.3) is 0 Å². The molecule has 0 bridgehead atoms. The molecule has 16 heavy (non-hydrogen) atoms. The molecule has 0 heterocycles. The SMILES string of the molecule is NC(CCl)=Nc1ccc(Cl)c(C(=O)O)c1Cl. The van der Waals surface area contributed by atoms with Crippen molar-refractivity contribution in [2.75, 3.05) is 5.88 Å². The van der Waals surface area contributed by atoms with Gasteiger partial charge in [-0.2, -0.15) is 0 Å². The Labute approximate surface area is 107 Å². The maximum absolute atomic E-state index is 10.9. The van der Waals surface area contributed by atoms with Crippen molar-refractivity contribution in [1.82, 2.24) is 0 Å². The zero-order chi connectivity index (χ0) is 12.3. The molecule has 4 nitrogen and oxygen atoms in total. The molecule has 0 saturated heterocycles. The van der Waals surface area contributed by atoms with E-state index >= 15 is 0 Å². The van der Waals surface area contributed by atoms with Crippen LogP contribution >= 0.6 is 34.8 Å². The number of nitrogens with zero attached hydrogens (tertiary/aromatic N) is 1. The molecule has 0 aliphatic rings. The van der Waals surface area contributed by atoms with Crippen LogP contribution in [0.1, 0.15) is 10.4 Å². The lowest BCUT2D eigenvalue weighted by atomic mass is 10.2. The Balaban J connectivity index is 3.35. The van der Waals surface area contributed by atoms with E-state index in [0.29, 0.717) is 0 Å². The summed E-state index contributed by atoms with van der Waals surface area (Å²) in [6, 6.07) is 2.85. The number of carbonyl (C=O) groups is 1. The Kier molecular flexibility index (Phi) is 4.41. The lowest BCUT2D eigenvalue weighted by Gasteiger charge is -2.05. The van der Waals surface area contributed by atoms with E-state index < -0.39 is 5.97 Å². The zero-order valence-electron chi connectivity index (χ0n) is 7.88. The molecule has 1 rings (SSSR count). The lowest BCUT2D eigenvalue weighted by molar-refractivity contribution is 0.0697. The molecule has 0 radical (unpaired) electrons. The topological polar surface area (TPSA) is 75.7 Å². The van der Waals surface area contributed by atoms with E-state index in [-0.39, 0.29) is 33.0 Å². The van der Waals surface area contributed by atoms with Crippen molar-refractivity contribution in [3.8, 4) is 0 Å². The molecular weight excluding hydrogens is 274 g/mol. The van der Waals surface area contributed by atoms with Gasteiger partial charge in [0, 0.05) is 0 Å². The van der Waals surface area contributed by atoms with Gasteiger partial charge in [0.05, 0.1) is 27.2 Å². The molecule has 1 aromatic carbocycles. The number of nitrogens with two attached hydrogens (primary N) is 1. The number of aliphatic imine (C=N–C) groups is 1. The van der Waals surface area contributed by atoms with E-state index in [2.05, 4.69) is 4.99 Å². The van der Waals surface area contributed by atoms with Crippen LogP contribution in [0.3, 0.4) is 0 Å². The van der Waals surface area contributed by atoms with Crippen LogP contribution in [0.5, 0.6) is 0 Å². The summed E-state index contributed by atoms with van der Waals surface area (Å²) in [7, 11) is 0. The number of alkyl halides is 1. The number of hydrogen-bond donors (Lipinski definition) is 2. The maximum atomic E-state index is 10.9. The van der Waals surface area contributed by atoms with Crippen LogP contribution in [0.25, 0.3) is 0 Å². The number of hydrogen-bond acceptors (Lipinski definition) is 2. The van der Waals surface area contributed by atoms with Gasteiger partial charge in [0.2, 0.25) is 0 Å². The summed E-state index contributed by atoms with van der Waals surface area (Å²) >= 11 is 17.0. The number of aromatic carboxylic acids is 1. The molecule has 0 aliphatic heterocycles. The summed E-state index contributed by atoms with van der Waals surface area (Å²) in [5.74, 6) is -1.06. The van der Waals surface area contributed by atoms with Gasteiger partial charge in [-0.3, -0.25) is 0 Å². The van der Waals surface area contributed by atoms with Crippen molar-refractivity contribution >= 4 is 52.3 Å². The van der Waals surface area contributed by atoms with E-state index in [1.54, 1.807) is 0 Å². The highest BCUT2D eigenvalue weighted by Gasteiger charge is 2.16. The molecule has 0 aliphatic carbocycles. The molecule has 7 heteroatoms. The van der Waals surface area contributed by atoms with Gasteiger partial charge in [-0.1, -0.05) is 23.2 Å². The summed E-state index contributed by atoms with van der Waals surface area (Å²) < 4.78 is 0. The summed E-state index contributed by atoms with van der Waals surface area (Å²) in [5, 5.41) is 8.87. The summed E-state index contributed by atoms with van der Waals surface area (Å²) in [4.78, 5) is 14.7. The molecule has 0 aromatic heterocycles. The molecule has 1 aromatic rings. The van der Waals surface area contributed by atoms with Crippen molar-refractivity contribution in [2.45, 2.75) is 0 Å². The first-order chi connectivity index (χ1) is 7.47. The minimum Gasteiger partial charge on any atom is -0.478 e. The van der Waals surface area contributed by atoms with Crippen LogP contribution in [0, 0.1) is 0 Å². The highest BCUT2D eigenvalue weighted by molar-refractivity contribution is 6.41. The van der Waals surface area contributed by atoms with Gasteiger partial charge in [-0.25, -0.2) is 9.79 Å². The largest absolute Gasteiger partial charge is 0.478 e. The summed E-state index contributed by atoms with van der Waals surface area (Å²) in [5.41, 5.74) is 5.44. The van der Waals surface area contributed by atoms with Crippen molar-refractivity contribution in [2.24, 2.45) is 10.7 Å². The average Bonchev–Trinajstić information content (AvgIpc) is 2.21. The van der Waals surface area contributed by atoms with Gasteiger partial charge < -0.3 is 10.8 Å². The highest BCUT2D eigenvalue weighted by atomic mass is 35.5. The van der Waals surface area contributed by atoms with Crippen molar-refractivity contribution in [3.63, 3.8) is 0 Å². The molecule has 0 spiro atoms. The second-order valence-corrected chi connectivity index (χ2v) is 3.85. The quantitative estimate of drug-likeness (QED) is 0.508. The second-order valence-electron chi connectivity index (χ2n) is 2.80. The van der Waals surface area contributed by atoms with E-state index in [9.17, 15) is 4.79 Å². The molecular formula is C9H7Cl3N2O2. The molecule has 86 valence electrons. The summed E-state index contributed by atoms with van der Waals surface area (Å²) in [6.07, 6.45) is 0. The van der Waals surface area contributed by atoms with Crippen LogP contribution in [0.15, 0.2) is 17.1 Å². The number of benzene rings is 1. The number of carboxylic acid groups (broad SMARTS) is 1. The Hall–Kier alpha value is -0.970. The molecule has 0 saturated carbocycles. The van der Waals surface area contributed by atoms with Crippen molar-refractivity contribution in [1.29, 1.82) is 0 Å². The lowest BCUT2D eigenvalue weighted by Crippen LogP contribution is -2.12. The molecule has 3 N–H and O–H groups in total. The predicted octanol–water partition coefficient (Wildman–Crippen LogP) is 2.92. The Morgan fingerprint density at radius 1 is 1.44 bits per heavy atom. The smallest absolute Gasteiger partial charge is 0.338 e. The average molecular weight is 282 g/mol. The van der Waals surface area contributed by atoms with Gasteiger partial charge in [-0.05, 0) is 12.1 Å². The molecule has 0 unspecified atom stereocenters. The third-order valence-corrected chi connectivity index (χ3v) is 2.66. The minimum absolute atomic E-state index is 0.0291. The first kappa shape index (κ1) is 13.1. The Morgan fingerprint density at radius 3 is 2.56 bits per heavy atom. The fourth-order valence-corrected chi connectivity index (χ4v) is 1.64.